The summed E-state index contributed by atoms with van der Waals surface area (Å²) in [7, 11) is 0. The number of benzene rings is 1. The SMILES string of the molecule is CCC.CCCC(C)N(CCC(C)(C)c1ccc(C)cc1)C(C)C. The number of aryl methyl sites for hydroxylation is 1. The van der Waals surface area contributed by atoms with Crippen LogP contribution in [0.2, 0.25) is 0 Å². The van der Waals surface area contributed by atoms with Gasteiger partial charge in [-0.2, -0.15) is 0 Å². The van der Waals surface area contributed by atoms with E-state index in [0.29, 0.717) is 12.1 Å². The molecular formula is C23H43N. The fraction of sp³-hybridized carbons (Fsp3) is 0.739. The molecule has 0 aliphatic rings. The Balaban J connectivity index is 0.00000163. The van der Waals surface area contributed by atoms with E-state index >= 15 is 0 Å². The van der Waals surface area contributed by atoms with Crippen LogP contribution in [0.3, 0.4) is 0 Å². The van der Waals surface area contributed by atoms with Gasteiger partial charge in [-0.3, -0.25) is 4.90 Å². The topological polar surface area (TPSA) is 3.24 Å². The highest BCUT2D eigenvalue weighted by Crippen LogP contribution is 2.28. The molecular weight excluding hydrogens is 290 g/mol. The highest BCUT2D eigenvalue weighted by molar-refractivity contribution is 5.27. The van der Waals surface area contributed by atoms with Crippen LogP contribution in [0.25, 0.3) is 0 Å². The summed E-state index contributed by atoms with van der Waals surface area (Å²) >= 11 is 0. The first-order valence-electron chi connectivity index (χ1n) is 10.0. The predicted molar refractivity (Wildman–Crippen MR) is 111 cm³/mol. The smallest absolute Gasteiger partial charge is 0.00695 e. The maximum Gasteiger partial charge on any atom is 0.00695 e. The Morgan fingerprint density at radius 1 is 0.958 bits per heavy atom. The Hall–Kier alpha value is -0.820. The molecule has 0 saturated carbocycles. The van der Waals surface area contributed by atoms with Crippen molar-refractivity contribution in [3.63, 3.8) is 0 Å². The summed E-state index contributed by atoms with van der Waals surface area (Å²) in [5, 5.41) is 0. The van der Waals surface area contributed by atoms with Crippen molar-refractivity contribution in [2.75, 3.05) is 6.54 Å². The van der Waals surface area contributed by atoms with E-state index in [0.717, 1.165) is 0 Å². The minimum Gasteiger partial charge on any atom is -0.298 e. The molecule has 0 radical (unpaired) electrons. The van der Waals surface area contributed by atoms with Gasteiger partial charge >= 0.3 is 0 Å². The van der Waals surface area contributed by atoms with Gasteiger partial charge in [0.1, 0.15) is 0 Å². The van der Waals surface area contributed by atoms with Crippen LogP contribution in [0, 0.1) is 6.92 Å². The normalized spacial score (nSPS) is 13.0. The van der Waals surface area contributed by atoms with Gasteiger partial charge < -0.3 is 0 Å². The van der Waals surface area contributed by atoms with Crippen molar-refractivity contribution in [1.29, 1.82) is 0 Å². The molecule has 0 spiro atoms. The molecule has 1 rings (SSSR count). The lowest BCUT2D eigenvalue weighted by Crippen LogP contribution is -2.41. The third-order valence-electron chi connectivity index (χ3n) is 4.76. The average molecular weight is 334 g/mol. The van der Waals surface area contributed by atoms with Gasteiger partial charge in [-0.15, -0.1) is 0 Å². The van der Waals surface area contributed by atoms with Crippen LogP contribution in [0.5, 0.6) is 0 Å². The fourth-order valence-electron chi connectivity index (χ4n) is 3.13. The Labute approximate surface area is 152 Å². The number of nitrogens with zero attached hydrogens (tertiary/aromatic N) is 1. The molecule has 0 heterocycles. The molecule has 1 aromatic carbocycles. The van der Waals surface area contributed by atoms with Crippen LogP contribution < -0.4 is 0 Å². The Kier molecular flexibility index (Phi) is 11.3. The second kappa shape index (κ2) is 11.7. The van der Waals surface area contributed by atoms with Crippen molar-refractivity contribution >= 4 is 0 Å². The van der Waals surface area contributed by atoms with E-state index < -0.39 is 0 Å². The predicted octanol–water partition coefficient (Wildman–Crippen LogP) is 6.98. The lowest BCUT2D eigenvalue weighted by Gasteiger charge is -2.36. The second-order valence-corrected chi connectivity index (χ2v) is 8.18. The van der Waals surface area contributed by atoms with Gasteiger partial charge in [-0.1, -0.05) is 77.3 Å². The third-order valence-corrected chi connectivity index (χ3v) is 4.76. The van der Waals surface area contributed by atoms with Gasteiger partial charge in [-0.25, -0.2) is 0 Å². The molecule has 0 fully saturated rings. The summed E-state index contributed by atoms with van der Waals surface area (Å²) in [5.41, 5.74) is 3.04. The molecule has 1 aromatic rings. The maximum absolute atomic E-state index is 2.67. The minimum atomic E-state index is 0.243. The number of rotatable bonds is 8. The lowest BCUT2D eigenvalue weighted by atomic mass is 9.81. The van der Waals surface area contributed by atoms with E-state index in [9.17, 15) is 0 Å². The molecule has 1 heteroatoms. The van der Waals surface area contributed by atoms with E-state index in [-0.39, 0.29) is 5.41 Å². The van der Waals surface area contributed by atoms with Crippen LogP contribution in [-0.4, -0.2) is 23.5 Å². The molecule has 0 aliphatic carbocycles. The fourth-order valence-corrected chi connectivity index (χ4v) is 3.13. The van der Waals surface area contributed by atoms with Crippen molar-refractivity contribution in [3.05, 3.63) is 35.4 Å². The van der Waals surface area contributed by atoms with Crippen LogP contribution >= 0.6 is 0 Å². The molecule has 0 bridgehead atoms. The molecule has 1 atom stereocenters. The molecule has 1 unspecified atom stereocenters. The summed E-state index contributed by atoms with van der Waals surface area (Å²) in [6.07, 6.45) is 5.02. The van der Waals surface area contributed by atoms with Gasteiger partial charge in [0.2, 0.25) is 0 Å². The molecule has 1 nitrogen and oxygen atoms in total. The largest absolute Gasteiger partial charge is 0.298 e. The van der Waals surface area contributed by atoms with E-state index in [4.69, 9.17) is 0 Å². The minimum absolute atomic E-state index is 0.243. The summed E-state index contributed by atoms with van der Waals surface area (Å²) in [4.78, 5) is 2.67. The van der Waals surface area contributed by atoms with Gasteiger partial charge in [0.15, 0.2) is 0 Å². The molecule has 0 aliphatic heterocycles. The molecule has 0 N–H and O–H groups in total. The highest BCUT2D eigenvalue weighted by Gasteiger charge is 2.24. The number of hydrogen-bond donors (Lipinski definition) is 0. The van der Waals surface area contributed by atoms with Crippen LogP contribution in [0.4, 0.5) is 0 Å². The van der Waals surface area contributed by atoms with Crippen molar-refractivity contribution < 1.29 is 0 Å². The first kappa shape index (κ1) is 23.2. The Morgan fingerprint density at radius 2 is 1.46 bits per heavy atom. The first-order valence-corrected chi connectivity index (χ1v) is 10.0. The molecule has 0 saturated heterocycles. The van der Waals surface area contributed by atoms with Gasteiger partial charge in [-0.05, 0) is 58.1 Å². The van der Waals surface area contributed by atoms with Gasteiger partial charge in [0, 0.05) is 12.1 Å². The van der Waals surface area contributed by atoms with Crippen LogP contribution in [0.15, 0.2) is 24.3 Å². The summed E-state index contributed by atoms with van der Waals surface area (Å²) in [5.74, 6) is 0. The van der Waals surface area contributed by atoms with E-state index in [1.54, 1.807) is 0 Å². The van der Waals surface area contributed by atoms with Crippen molar-refractivity contribution in [3.8, 4) is 0 Å². The third kappa shape index (κ3) is 8.33. The maximum atomic E-state index is 2.67. The zero-order valence-corrected chi connectivity index (χ0v) is 17.9. The van der Waals surface area contributed by atoms with Crippen molar-refractivity contribution in [2.45, 2.75) is 105 Å². The Bertz CT molecular complexity index is 416. The van der Waals surface area contributed by atoms with Gasteiger partial charge in [0.05, 0.1) is 0 Å². The van der Waals surface area contributed by atoms with E-state index in [1.807, 2.05) is 0 Å². The standard InChI is InChI=1S/C20H35N.C3H8/c1-8-9-18(5)21(16(2)3)15-14-20(6,7)19-12-10-17(4)11-13-19;1-3-2/h10-13,16,18H,8-9,14-15H2,1-7H3;3H2,1-2H3. The zero-order valence-electron chi connectivity index (χ0n) is 17.9. The quantitative estimate of drug-likeness (QED) is 0.496. The Morgan fingerprint density at radius 3 is 1.88 bits per heavy atom. The second-order valence-electron chi connectivity index (χ2n) is 8.18. The molecule has 0 amide bonds. The average Bonchev–Trinajstić information content (AvgIpc) is 2.48. The van der Waals surface area contributed by atoms with Crippen LogP contribution in [-0.2, 0) is 5.41 Å². The number of hydrogen-bond acceptors (Lipinski definition) is 1. The summed E-state index contributed by atoms with van der Waals surface area (Å²) < 4.78 is 0. The lowest BCUT2D eigenvalue weighted by molar-refractivity contribution is 0.143. The molecule has 0 aromatic heterocycles. The van der Waals surface area contributed by atoms with Gasteiger partial charge in [0.25, 0.3) is 0 Å². The molecule has 24 heavy (non-hydrogen) atoms. The summed E-state index contributed by atoms with van der Waals surface area (Å²) in [6.45, 7) is 21.6. The van der Waals surface area contributed by atoms with E-state index in [1.165, 1.54) is 43.4 Å². The first-order chi connectivity index (χ1) is 11.2. The van der Waals surface area contributed by atoms with Crippen LogP contribution in [0.1, 0.15) is 92.2 Å². The van der Waals surface area contributed by atoms with E-state index in [2.05, 4.69) is 91.5 Å². The summed E-state index contributed by atoms with van der Waals surface area (Å²) in [6, 6.07) is 10.4. The molecule has 140 valence electrons. The monoisotopic (exact) mass is 333 g/mol. The van der Waals surface area contributed by atoms with Crippen molar-refractivity contribution in [2.24, 2.45) is 0 Å². The zero-order chi connectivity index (χ0) is 18.8. The highest BCUT2D eigenvalue weighted by atomic mass is 15.2. The van der Waals surface area contributed by atoms with Crippen molar-refractivity contribution in [1.82, 2.24) is 4.90 Å².